The molecule has 316 valence electrons. The Labute approximate surface area is 351 Å². The molecule has 0 radical (unpaired) electrons. The Bertz CT molecular complexity index is 1910. The van der Waals surface area contributed by atoms with Crippen molar-refractivity contribution < 1.29 is 24.2 Å². The predicted molar refractivity (Wildman–Crippen MR) is 230 cm³/mol. The summed E-state index contributed by atoms with van der Waals surface area (Å²) in [6.07, 6.45) is 14.0. The minimum absolute atomic E-state index is 0.00152. The number of nitrogens with one attached hydrogen (secondary N) is 3. The maximum atomic E-state index is 13.9. The third-order valence-corrected chi connectivity index (χ3v) is 14.6. The first-order valence-corrected chi connectivity index (χ1v) is 22.8. The molecule has 3 aromatic carbocycles. The topological polar surface area (TPSA) is 112 Å². The molecule has 4 N–H and O–H groups in total. The number of nitrogens with zero attached hydrogens (tertiary/aromatic N) is 1. The number of hydrogen-bond donors (Lipinski definition) is 4. The van der Waals surface area contributed by atoms with Gasteiger partial charge in [0.1, 0.15) is 0 Å². The molecule has 3 aromatic rings. The van der Waals surface area contributed by atoms with Crippen LogP contribution in [0.3, 0.4) is 0 Å². The lowest BCUT2D eigenvalue weighted by Gasteiger charge is -2.56. The highest BCUT2D eigenvalue weighted by molar-refractivity contribution is 5.82. The van der Waals surface area contributed by atoms with E-state index < -0.39 is 6.29 Å². The monoisotopic (exact) mass is 803 g/mol. The molecule has 2 heterocycles. The van der Waals surface area contributed by atoms with Crippen LogP contribution in [-0.2, 0) is 27.4 Å². The quantitative estimate of drug-likeness (QED) is 0.163. The normalized spacial score (nSPS) is 32.9. The van der Waals surface area contributed by atoms with Crippen LogP contribution in [0.1, 0.15) is 139 Å². The highest BCUT2D eigenvalue weighted by Gasteiger charge is 2.51. The summed E-state index contributed by atoms with van der Waals surface area (Å²) in [5.41, 5.74) is 5.82. The molecular formula is C50H66N4O5. The Hall–Kier alpha value is -3.76. The number of piperidine rings is 1. The Morgan fingerprint density at radius 2 is 1.47 bits per heavy atom. The summed E-state index contributed by atoms with van der Waals surface area (Å²) in [4.78, 5) is 29.6. The number of urea groups is 1. The number of amides is 3. The molecule has 5 aliphatic carbocycles. The number of aliphatic hydroxyl groups excluding tert-OH is 1. The number of likely N-dealkylation sites (tertiary alicyclic amines) is 1. The third-order valence-electron chi connectivity index (χ3n) is 14.6. The maximum Gasteiger partial charge on any atom is 0.315 e. The number of benzene rings is 3. The summed E-state index contributed by atoms with van der Waals surface area (Å²) in [5, 5.41) is 19.7. The van der Waals surface area contributed by atoms with Gasteiger partial charge in [-0.05, 0) is 143 Å². The highest BCUT2D eigenvalue weighted by Crippen LogP contribution is 2.55. The predicted octanol–water partition coefficient (Wildman–Crippen LogP) is 9.10. The van der Waals surface area contributed by atoms with Crippen molar-refractivity contribution in [1.82, 2.24) is 20.9 Å². The van der Waals surface area contributed by atoms with Crippen LogP contribution < -0.4 is 16.0 Å². The molecule has 3 amide bonds. The van der Waals surface area contributed by atoms with Gasteiger partial charge in [-0.1, -0.05) is 79.6 Å². The summed E-state index contributed by atoms with van der Waals surface area (Å²) in [6, 6.07) is 25.1. The number of ether oxygens (including phenoxy) is 2. The number of carbonyl (C=O) groups excluding carboxylic acids is 2. The second-order valence-electron chi connectivity index (χ2n) is 20.3. The van der Waals surface area contributed by atoms with E-state index in [1.807, 2.05) is 12.1 Å². The average Bonchev–Trinajstić information content (AvgIpc) is 3.22. The van der Waals surface area contributed by atoms with Gasteiger partial charge in [0, 0.05) is 42.2 Å². The van der Waals surface area contributed by atoms with Crippen LogP contribution in [0.15, 0.2) is 72.8 Å². The standard InChI is InChI=1S/C50H66N4O5/c1-49(2,3)52-46(56)44-20-19-38-8-4-5-10-43(38)54(44)30-42-25-45(39-13-11-32(31-55)12-14-39)59-47(58-42)40-17-15-37(16-18-40)41-9-6-7-33(24-41)29-51-48(57)53-50-26-34-21-35(27-50)23-36(22-34)28-50/h6-7,9,11-18,24,34-36,38,42-45,47,55H,4-5,8,10,19-23,25-31H2,1-3H3,(H,52,56)(H2,51,53,57)/t34?,35?,36?,38-,42+,43-,44-,45-,47-,50?/m1/s1. The van der Waals surface area contributed by atoms with Crippen molar-refractivity contribution >= 4 is 11.9 Å². The van der Waals surface area contributed by atoms with Gasteiger partial charge in [0.05, 0.1) is 24.9 Å². The van der Waals surface area contributed by atoms with E-state index in [0.717, 1.165) is 89.7 Å². The van der Waals surface area contributed by atoms with E-state index in [9.17, 15) is 14.7 Å². The van der Waals surface area contributed by atoms with Crippen molar-refractivity contribution in [3.8, 4) is 11.1 Å². The van der Waals surface area contributed by atoms with Crippen LogP contribution in [0.5, 0.6) is 0 Å². The summed E-state index contributed by atoms with van der Waals surface area (Å²) < 4.78 is 13.7. The van der Waals surface area contributed by atoms with E-state index in [1.165, 1.54) is 38.5 Å². The number of aliphatic hydroxyl groups is 1. The largest absolute Gasteiger partial charge is 0.392 e. The van der Waals surface area contributed by atoms with Gasteiger partial charge in [0.25, 0.3) is 0 Å². The van der Waals surface area contributed by atoms with Gasteiger partial charge in [-0.3, -0.25) is 9.69 Å². The molecule has 0 spiro atoms. The third kappa shape index (κ3) is 9.29. The SMILES string of the molecule is CC(C)(C)NC(=O)[C@H]1CC[C@H]2CCCC[C@H]2N1C[C@@H]1C[C@H](c2ccc(CO)cc2)O[C@H](c2ccc(-c3cccc(CNC(=O)NC45CC6CC(CC(C6)C4)C5)c3)cc2)O1. The van der Waals surface area contributed by atoms with E-state index in [0.29, 0.717) is 31.5 Å². The molecule has 0 unspecified atom stereocenters. The Balaban J connectivity index is 0.897. The van der Waals surface area contributed by atoms with Crippen LogP contribution >= 0.6 is 0 Å². The molecule has 2 aliphatic heterocycles. The summed E-state index contributed by atoms with van der Waals surface area (Å²) in [7, 11) is 0. The number of fused-ring (bicyclic) bond motifs is 1. The first-order valence-electron chi connectivity index (χ1n) is 22.8. The molecular weight excluding hydrogens is 737 g/mol. The van der Waals surface area contributed by atoms with Gasteiger partial charge in [0.2, 0.25) is 5.91 Å². The lowest BCUT2D eigenvalue weighted by Crippen LogP contribution is -2.61. The molecule has 59 heavy (non-hydrogen) atoms. The van der Waals surface area contributed by atoms with Gasteiger partial charge < -0.3 is 30.5 Å². The minimum Gasteiger partial charge on any atom is -0.392 e. The van der Waals surface area contributed by atoms with Gasteiger partial charge in [-0.2, -0.15) is 0 Å². The zero-order valence-electron chi connectivity index (χ0n) is 35.5. The fourth-order valence-electron chi connectivity index (χ4n) is 12.4. The summed E-state index contributed by atoms with van der Waals surface area (Å²) in [6.45, 7) is 7.33. The van der Waals surface area contributed by atoms with Gasteiger partial charge in [-0.15, -0.1) is 0 Å². The zero-order chi connectivity index (χ0) is 40.7. The van der Waals surface area contributed by atoms with Crippen LogP contribution in [0, 0.1) is 23.7 Å². The number of carbonyl (C=O) groups is 2. The van der Waals surface area contributed by atoms with Crippen molar-refractivity contribution in [3.05, 3.63) is 95.1 Å². The molecule has 5 saturated carbocycles. The second-order valence-corrected chi connectivity index (χ2v) is 20.3. The Morgan fingerprint density at radius 3 is 2.17 bits per heavy atom. The number of rotatable bonds is 10. The summed E-state index contributed by atoms with van der Waals surface area (Å²) >= 11 is 0. The van der Waals surface area contributed by atoms with Crippen LogP contribution in [0.2, 0.25) is 0 Å². The first kappa shape index (κ1) is 40.6. The fourth-order valence-corrected chi connectivity index (χ4v) is 12.4. The van der Waals surface area contributed by atoms with Crippen molar-refractivity contribution in [1.29, 1.82) is 0 Å². The molecule has 6 atom stereocenters. The lowest BCUT2D eigenvalue weighted by molar-refractivity contribution is -0.255. The van der Waals surface area contributed by atoms with E-state index in [-0.39, 0.29) is 47.9 Å². The molecule has 7 aliphatic rings. The van der Waals surface area contributed by atoms with E-state index in [4.69, 9.17) is 9.47 Å². The molecule has 0 aromatic heterocycles. The van der Waals surface area contributed by atoms with Crippen LogP contribution in [0.4, 0.5) is 4.79 Å². The van der Waals surface area contributed by atoms with Crippen molar-refractivity contribution in [2.24, 2.45) is 23.7 Å². The van der Waals surface area contributed by atoms with Crippen molar-refractivity contribution in [2.45, 2.75) is 159 Å². The maximum absolute atomic E-state index is 13.9. The molecule has 7 fully saturated rings. The van der Waals surface area contributed by atoms with Crippen LogP contribution in [-0.4, -0.2) is 57.8 Å². The van der Waals surface area contributed by atoms with Crippen LogP contribution in [0.25, 0.3) is 11.1 Å². The molecule has 10 rings (SSSR count). The fraction of sp³-hybridized carbons (Fsp3) is 0.600. The van der Waals surface area contributed by atoms with Crippen molar-refractivity contribution in [3.63, 3.8) is 0 Å². The number of hydrogen-bond acceptors (Lipinski definition) is 6. The first-order chi connectivity index (χ1) is 28.5. The Kier molecular flexibility index (Phi) is 11.7. The molecule has 4 bridgehead atoms. The Morgan fingerprint density at radius 1 is 0.780 bits per heavy atom. The second kappa shape index (κ2) is 16.9. The highest BCUT2D eigenvalue weighted by atomic mass is 16.7. The van der Waals surface area contributed by atoms with Crippen molar-refractivity contribution in [2.75, 3.05) is 6.54 Å². The van der Waals surface area contributed by atoms with E-state index >= 15 is 0 Å². The molecule has 2 saturated heterocycles. The smallest absolute Gasteiger partial charge is 0.315 e. The minimum atomic E-state index is -0.581. The summed E-state index contributed by atoms with van der Waals surface area (Å²) in [5.74, 6) is 3.11. The molecule has 9 nitrogen and oxygen atoms in total. The van der Waals surface area contributed by atoms with E-state index in [2.05, 4.69) is 102 Å². The van der Waals surface area contributed by atoms with Gasteiger partial charge in [0.15, 0.2) is 6.29 Å². The molecule has 9 heteroatoms. The van der Waals surface area contributed by atoms with E-state index in [1.54, 1.807) is 0 Å². The van der Waals surface area contributed by atoms with Gasteiger partial charge in [-0.25, -0.2) is 4.79 Å². The average molecular weight is 803 g/mol. The zero-order valence-corrected chi connectivity index (χ0v) is 35.5. The lowest BCUT2D eigenvalue weighted by atomic mass is 9.53. The van der Waals surface area contributed by atoms with Gasteiger partial charge >= 0.3 is 6.03 Å².